The van der Waals surface area contributed by atoms with Gasteiger partial charge in [0.2, 0.25) is 0 Å². The predicted octanol–water partition coefficient (Wildman–Crippen LogP) is 1.66. The van der Waals surface area contributed by atoms with Gasteiger partial charge in [0, 0.05) is 19.0 Å². The molecule has 3 rings (SSSR count). The number of rotatable bonds is 2. The molecule has 1 aromatic rings. The van der Waals surface area contributed by atoms with E-state index in [-0.39, 0.29) is 5.54 Å². The van der Waals surface area contributed by atoms with Crippen molar-refractivity contribution in [3.63, 3.8) is 0 Å². The van der Waals surface area contributed by atoms with Gasteiger partial charge >= 0.3 is 0 Å². The molecule has 0 atom stereocenters. The van der Waals surface area contributed by atoms with E-state index in [0.717, 1.165) is 6.42 Å². The van der Waals surface area contributed by atoms with E-state index in [2.05, 4.69) is 12.0 Å². The van der Waals surface area contributed by atoms with Crippen LogP contribution in [0.4, 0.5) is 4.39 Å². The van der Waals surface area contributed by atoms with Crippen molar-refractivity contribution < 1.29 is 4.39 Å². The largest absolute Gasteiger partial charge is 0.263 e. The van der Waals surface area contributed by atoms with Crippen molar-refractivity contribution in [3.05, 3.63) is 18.0 Å². The number of nitrogens with zero attached hydrogens (tertiary/aromatic N) is 2. The second-order valence-electron chi connectivity index (χ2n) is 4.00. The Hall–Kier alpha value is -0.860. The van der Waals surface area contributed by atoms with Crippen molar-refractivity contribution in [1.82, 2.24) is 9.78 Å². The van der Waals surface area contributed by atoms with Crippen LogP contribution in [0.1, 0.15) is 25.3 Å². The van der Waals surface area contributed by atoms with E-state index in [1.807, 2.05) is 17.1 Å². The number of hydrogen-bond acceptors (Lipinski definition) is 1. The molecule has 0 unspecified atom stereocenters. The average Bonchev–Trinajstić information content (AvgIpc) is 2.72. The third-order valence-electron chi connectivity index (χ3n) is 3.21. The summed E-state index contributed by atoms with van der Waals surface area (Å²) < 4.78 is 15.1. The summed E-state index contributed by atoms with van der Waals surface area (Å²) in [5.41, 5.74) is 0.135. The minimum atomic E-state index is -0.871. The van der Waals surface area contributed by atoms with Crippen LogP contribution in [0, 0.1) is 0 Å². The molecule has 2 aliphatic carbocycles. The third-order valence-corrected chi connectivity index (χ3v) is 3.21. The van der Waals surface area contributed by atoms with Crippen LogP contribution < -0.4 is 0 Å². The van der Waals surface area contributed by atoms with Gasteiger partial charge in [-0.25, -0.2) is 4.39 Å². The van der Waals surface area contributed by atoms with Crippen LogP contribution in [-0.2, 0) is 12.0 Å². The first-order valence-corrected chi connectivity index (χ1v) is 4.43. The maximum absolute atomic E-state index is 13.3. The highest BCUT2D eigenvalue weighted by atomic mass is 19.1. The highest BCUT2D eigenvalue weighted by Gasteiger charge is 2.87. The SMILES string of the molecule is CCc1cnn(C23CC2(F)C3)c1. The molecule has 1 heterocycles. The van der Waals surface area contributed by atoms with E-state index >= 15 is 0 Å². The Morgan fingerprint density at radius 3 is 2.75 bits per heavy atom. The van der Waals surface area contributed by atoms with Crippen molar-refractivity contribution >= 4 is 0 Å². The second kappa shape index (κ2) is 1.58. The predicted molar refractivity (Wildman–Crippen MR) is 42.7 cm³/mol. The molecule has 2 saturated carbocycles. The molecule has 64 valence electrons. The van der Waals surface area contributed by atoms with Gasteiger partial charge in [0.15, 0.2) is 0 Å². The summed E-state index contributed by atoms with van der Waals surface area (Å²) in [5.74, 6) is 0. The van der Waals surface area contributed by atoms with Crippen LogP contribution in [0.3, 0.4) is 0 Å². The van der Waals surface area contributed by atoms with Crippen molar-refractivity contribution in [2.45, 2.75) is 37.4 Å². The summed E-state index contributed by atoms with van der Waals surface area (Å²) in [6.07, 6.45) is 6.17. The minimum Gasteiger partial charge on any atom is -0.263 e. The Kier molecular flexibility index (Phi) is 0.875. The van der Waals surface area contributed by atoms with E-state index in [4.69, 9.17) is 0 Å². The average molecular weight is 166 g/mol. The molecule has 0 amide bonds. The van der Waals surface area contributed by atoms with Crippen LogP contribution in [0.15, 0.2) is 12.4 Å². The Bertz CT molecular complexity index is 336. The molecule has 3 heteroatoms. The quantitative estimate of drug-likeness (QED) is 0.653. The van der Waals surface area contributed by atoms with Crippen LogP contribution >= 0.6 is 0 Å². The van der Waals surface area contributed by atoms with Gasteiger partial charge in [-0.1, -0.05) is 6.92 Å². The number of halogens is 1. The van der Waals surface area contributed by atoms with E-state index in [1.54, 1.807) is 0 Å². The number of aromatic nitrogens is 2. The van der Waals surface area contributed by atoms with Crippen LogP contribution in [-0.4, -0.2) is 15.4 Å². The van der Waals surface area contributed by atoms with E-state index in [1.165, 1.54) is 5.56 Å². The summed E-state index contributed by atoms with van der Waals surface area (Å²) in [7, 11) is 0. The standard InChI is InChI=1S/C9H11FN2/c1-2-7-3-11-12(4-7)9-5-8(9,10)6-9/h3-4H,2,5-6H2,1H3. The normalized spacial score (nSPS) is 42.5. The van der Waals surface area contributed by atoms with Gasteiger partial charge < -0.3 is 0 Å². The molecule has 0 aliphatic heterocycles. The lowest BCUT2D eigenvalue weighted by molar-refractivity contribution is 0.389. The van der Waals surface area contributed by atoms with Gasteiger partial charge in [-0.2, -0.15) is 5.10 Å². The van der Waals surface area contributed by atoms with Gasteiger partial charge in [0.05, 0.1) is 6.20 Å². The fourth-order valence-corrected chi connectivity index (χ4v) is 1.93. The zero-order chi connectivity index (χ0) is 8.40. The van der Waals surface area contributed by atoms with E-state index < -0.39 is 5.67 Å². The molecule has 0 N–H and O–H groups in total. The summed E-state index contributed by atoms with van der Waals surface area (Å²) in [5, 5.41) is 4.18. The highest BCUT2D eigenvalue weighted by Crippen LogP contribution is 2.78. The first-order valence-electron chi connectivity index (χ1n) is 4.43. The van der Waals surface area contributed by atoms with Crippen LogP contribution in [0.5, 0.6) is 0 Å². The van der Waals surface area contributed by atoms with E-state index in [9.17, 15) is 4.39 Å². The molecule has 0 spiro atoms. The minimum absolute atomic E-state index is 0.194. The summed E-state index contributed by atoms with van der Waals surface area (Å²) >= 11 is 0. The van der Waals surface area contributed by atoms with Gasteiger partial charge in [0.25, 0.3) is 0 Å². The topological polar surface area (TPSA) is 17.8 Å². The Morgan fingerprint density at radius 2 is 2.33 bits per heavy atom. The van der Waals surface area contributed by atoms with Crippen molar-refractivity contribution in [1.29, 1.82) is 0 Å². The molecule has 2 fully saturated rings. The number of fused-ring (bicyclic) bond motifs is 1. The molecular formula is C9H11FN2. The van der Waals surface area contributed by atoms with Crippen LogP contribution in [0.2, 0.25) is 0 Å². The number of aryl methyl sites for hydroxylation is 1. The molecule has 0 radical (unpaired) electrons. The third kappa shape index (κ3) is 0.551. The fraction of sp³-hybridized carbons (Fsp3) is 0.667. The highest BCUT2D eigenvalue weighted by molar-refractivity contribution is 5.38. The van der Waals surface area contributed by atoms with Crippen molar-refractivity contribution in [2.24, 2.45) is 0 Å². The lowest BCUT2D eigenvalue weighted by Gasteiger charge is -1.99. The molecule has 0 aromatic carbocycles. The molecule has 2 aliphatic rings. The van der Waals surface area contributed by atoms with Gasteiger partial charge in [-0.05, 0) is 12.0 Å². The van der Waals surface area contributed by atoms with Gasteiger partial charge in [0.1, 0.15) is 11.2 Å². The Labute approximate surface area is 70.4 Å². The lowest BCUT2D eigenvalue weighted by Crippen LogP contribution is -2.06. The second-order valence-corrected chi connectivity index (χ2v) is 4.00. The first-order chi connectivity index (χ1) is 5.70. The zero-order valence-electron chi connectivity index (χ0n) is 7.05. The van der Waals surface area contributed by atoms with Gasteiger partial charge in [-0.15, -0.1) is 0 Å². The lowest BCUT2D eigenvalue weighted by atomic mass is 10.3. The monoisotopic (exact) mass is 166 g/mol. The smallest absolute Gasteiger partial charge is 0.141 e. The van der Waals surface area contributed by atoms with Crippen LogP contribution in [0.25, 0.3) is 0 Å². The summed E-state index contributed by atoms with van der Waals surface area (Å²) in [4.78, 5) is 0. The molecule has 12 heavy (non-hydrogen) atoms. The molecule has 2 nitrogen and oxygen atoms in total. The molecular weight excluding hydrogens is 155 g/mol. The van der Waals surface area contributed by atoms with E-state index in [0.29, 0.717) is 12.8 Å². The molecule has 0 saturated heterocycles. The maximum atomic E-state index is 13.3. The molecule has 1 aromatic heterocycles. The summed E-state index contributed by atoms with van der Waals surface area (Å²) in [6.45, 7) is 2.08. The molecule has 0 bridgehead atoms. The summed E-state index contributed by atoms with van der Waals surface area (Å²) in [6, 6.07) is 0. The maximum Gasteiger partial charge on any atom is 0.141 e. The van der Waals surface area contributed by atoms with Gasteiger partial charge in [-0.3, -0.25) is 4.68 Å². The fourth-order valence-electron chi connectivity index (χ4n) is 1.93. The zero-order valence-corrected chi connectivity index (χ0v) is 7.05. The number of hydrogen-bond donors (Lipinski definition) is 0. The Morgan fingerprint density at radius 1 is 1.67 bits per heavy atom. The van der Waals surface area contributed by atoms with Crippen molar-refractivity contribution in [2.75, 3.05) is 0 Å². The first kappa shape index (κ1) is 6.63. The van der Waals surface area contributed by atoms with Crippen molar-refractivity contribution in [3.8, 4) is 0 Å². The Balaban J connectivity index is 1.94. The number of alkyl halides is 1.